The highest BCUT2D eigenvalue weighted by Crippen LogP contribution is 2.38. The number of cyclic esters (lactones) is 1. The van der Waals surface area contributed by atoms with Gasteiger partial charge in [0.2, 0.25) is 0 Å². The standard InChI is InChI=1S/C18H20O4/c1-11(2)14-10-15(19)22-17(14)16(12(3)18(20)21-4)13-8-6-5-7-9-13/h5-11,16-17H,3H2,1-2,4H3/t16-,17-/m0/s1. The van der Waals surface area contributed by atoms with Gasteiger partial charge in [-0.1, -0.05) is 50.8 Å². The van der Waals surface area contributed by atoms with Gasteiger partial charge in [0.15, 0.2) is 0 Å². The molecular formula is C18H20O4. The maximum Gasteiger partial charge on any atom is 0.333 e. The van der Waals surface area contributed by atoms with Gasteiger partial charge in [0.25, 0.3) is 0 Å². The summed E-state index contributed by atoms with van der Waals surface area (Å²) in [6.07, 6.45) is 0.983. The summed E-state index contributed by atoms with van der Waals surface area (Å²) >= 11 is 0. The Morgan fingerprint density at radius 2 is 1.91 bits per heavy atom. The van der Waals surface area contributed by atoms with Gasteiger partial charge >= 0.3 is 11.9 Å². The number of carbonyl (C=O) groups is 2. The highest BCUT2D eigenvalue weighted by atomic mass is 16.5. The molecule has 0 spiro atoms. The Kier molecular flexibility index (Phi) is 4.81. The molecule has 2 atom stereocenters. The average molecular weight is 300 g/mol. The normalized spacial score (nSPS) is 18.6. The minimum atomic E-state index is -0.526. The van der Waals surface area contributed by atoms with E-state index in [0.717, 1.165) is 11.1 Å². The smallest absolute Gasteiger partial charge is 0.333 e. The molecule has 0 fully saturated rings. The summed E-state index contributed by atoms with van der Waals surface area (Å²) in [6.45, 7) is 7.85. The molecular weight excluding hydrogens is 280 g/mol. The van der Waals surface area contributed by atoms with Crippen LogP contribution in [-0.2, 0) is 19.1 Å². The van der Waals surface area contributed by atoms with E-state index in [-0.39, 0.29) is 17.5 Å². The largest absolute Gasteiger partial charge is 0.466 e. The minimum Gasteiger partial charge on any atom is -0.466 e. The zero-order valence-electron chi connectivity index (χ0n) is 13.0. The van der Waals surface area contributed by atoms with Gasteiger partial charge in [-0.25, -0.2) is 9.59 Å². The lowest BCUT2D eigenvalue weighted by molar-refractivity contribution is -0.141. The third-order valence-corrected chi connectivity index (χ3v) is 3.81. The fraction of sp³-hybridized carbons (Fsp3) is 0.333. The van der Waals surface area contributed by atoms with Crippen molar-refractivity contribution in [3.8, 4) is 0 Å². The lowest BCUT2D eigenvalue weighted by atomic mass is 9.81. The molecule has 0 saturated carbocycles. The molecule has 1 heterocycles. The molecule has 4 heteroatoms. The Balaban J connectivity index is 2.46. The molecule has 1 aromatic rings. The number of ether oxygens (including phenoxy) is 2. The molecule has 0 amide bonds. The fourth-order valence-electron chi connectivity index (χ4n) is 2.68. The van der Waals surface area contributed by atoms with Gasteiger partial charge in [-0.2, -0.15) is 0 Å². The summed E-state index contributed by atoms with van der Waals surface area (Å²) in [4.78, 5) is 23.7. The van der Waals surface area contributed by atoms with E-state index in [1.165, 1.54) is 13.2 Å². The van der Waals surface area contributed by atoms with Gasteiger partial charge in [-0.15, -0.1) is 0 Å². The molecule has 22 heavy (non-hydrogen) atoms. The SMILES string of the molecule is C=C(C(=O)OC)[C@@H](c1ccccc1)[C@H]1OC(=O)C=C1C(C)C. The van der Waals surface area contributed by atoms with Crippen LogP contribution in [-0.4, -0.2) is 25.2 Å². The van der Waals surface area contributed by atoms with Crippen molar-refractivity contribution >= 4 is 11.9 Å². The molecule has 0 saturated heterocycles. The van der Waals surface area contributed by atoms with Crippen LogP contribution in [0.15, 0.2) is 54.1 Å². The third kappa shape index (κ3) is 3.11. The lowest BCUT2D eigenvalue weighted by Crippen LogP contribution is -2.28. The van der Waals surface area contributed by atoms with Gasteiger partial charge in [0.05, 0.1) is 13.0 Å². The highest BCUT2D eigenvalue weighted by molar-refractivity contribution is 5.91. The Hall–Kier alpha value is -2.36. The molecule has 1 aliphatic rings. The van der Waals surface area contributed by atoms with E-state index in [1.54, 1.807) is 0 Å². The molecule has 0 aliphatic carbocycles. The van der Waals surface area contributed by atoms with E-state index >= 15 is 0 Å². The van der Waals surface area contributed by atoms with E-state index in [9.17, 15) is 9.59 Å². The van der Waals surface area contributed by atoms with Gasteiger partial charge in [-0.05, 0) is 17.1 Å². The Morgan fingerprint density at radius 3 is 2.45 bits per heavy atom. The topological polar surface area (TPSA) is 52.6 Å². The van der Waals surface area contributed by atoms with Crippen LogP contribution in [0.25, 0.3) is 0 Å². The van der Waals surface area contributed by atoms with Crippen molar-refractivity contribution in [2.75, 3.05) is 7.11 Å². The lowest BCUT2D eigenvalue weighted by Gasteiger charge is -2.27. The number of methoxy groups -OCH3 is 1. The molecule has 4 nitrogen and oxygen atoms in total. The number of benzene rings is 1. The van der Waals surface area contributed by atoms with Crippen LogP contribution in [0, 0.1) is 5.92 Å². The first kappa shape index (κ1) is 16.0. The Morgan fingerprint density at radius 1 is 1.27 bits per heavy atom. The van der Waals surface area contributed by atoms with Crippen LogP contribution in [0.4, 0.5) is 0 Å². The minimum absolute atomic E-state index is 0.133. The van der Waals surface area contributed by atoms with E-state index < -0.39 is 18.0 Å². The van der Waals surface area contributed by atoms with Crippen LogP contribution >= 0.6 is 0 Å². The number of esters is 2. The molecule has 1 aliphatic heterocycles. The predicted molar refractivity (Wildman–Crippen MR) is 83.1 cm³/mol. The second-order valence-corrected chi connectivity index (χ2v) is 5.56. The molecule has 0 unspecified atom stereocenters. The zero-order valence-corrected chi connectivity index (χ0v) is 13.0. The first-order valence-electron chi connectivity index (χ1n) is 7.19. The average Bonchev–Trinajstić information content (AvgIpc) is 2.89. The Labute approximate surface area is 130 Å². The van der Waals surface area contributed by atoms with Gasteiger partial charge in [0.1, 0.15) is 6.10 Å². The maximum atomic E-state index is 12.0. The summed E-state index contributed by atoms with van der Waals surface area (Å²) in [6, 6.07) is 9.43. The second kappa shape index (κ2) is 6.60. The van der Waals surface area contributed by atoms with Crippen LogP contribution in [0.3, 0.4) is 0 Å². The second-order valence-electron chi connectivity index (χ2n) is 5.56. The number of rotatable bonds is 5. The third-order valence-electron chi connectivity index (χ3n) is 3.81. The maximum absolute atomic E-state index is 12.0. The Bertz CT molecular complexity index is 613. The van der Waals surface area contributed by atoms with Crippen molar-refractivity contribution in [2.24, 2.45) is 5.92 Å². The van der Waals surface area contributed by atoms with E-state index in [2.05, 4.69) is 6.58 Å². The number of carbonyl (C=O) groups excluding carboxylic acids is 2. The molecule has 116 valence electrons. The van der Waals surface area contributed by atoms with Crippen molar-refractivity contribution < 1.29 is 19.1 Å². The molecule has 0 bridgehead atoms. The molecule has 0 N–H and O–H groups in total. The molecule has 1 aromatic carbocycles. The summed E-state index contributed by atoms with van der Waals surface area (Å²) in [7, 11) is 1.31. The summed E-state index contributed by atoms with van der Waals surface area (Å²) in [5.41, 5.74) is 2.01. The molecule has 0 radical (unpaired) electrons. The highest BCUT2D eigenvalue weighted by Gasteiger charge is 2.39. The first-order valence-corrected chi connectivity index (χ1v) is 7.19. The van der Waals surface area contributed by atoms with Crippen LogP contribution in [0.1, 0.15) is 25.3 Å². The van der Waals surface area contributed by atoms with Crippen LogP contribution < -0.4 is 0 Å². The number of hydrogen-bond acceptors (Lipinski definition) is 4. The van der Waals surface area contributed by atoms with E-state index in [4.69, 9.17) is 9.47 Å². The summed E-state index contributed by atoms with van der Waals surface area (Å²) < 4.78 is 10.3. The van der Waals surface area contributed by atoms with Crippen molar-refractivity contribution in [3.05, 3.63) is 59.7 Å². The van der Waals surface area contributed by atoms with Crippen molar-refractivity contribution in [2.45, 2.75) is 25.9 Å². The van der Waals surface area contributed by atoms with Gasteiger partial charge in [-0.3, -0.25) is 0 Å². The fourth-order valence-corrected chi connectivity index (χ4v) is 2.68. The quantitative estimate of drug-likeness (QED) is 0.619. The van der Waals surface area contributed by atoms with Crippen LogP contribution in [0.5, 0.6) is 0 Å². The molecule has 2 rings (SSSR count). The number of hydrogen-bond donors (Lipinski definition) is 0. The van der Waals surface area contributed by atoms with Gasteiger partial charge < -0.3 is 9.47 Å². The summed E-state index contributed by atoms with van der Waals surface area (Å²) in [5.74, 6) is -1.20. The first-order chi connectivity index (χ1) is 10.5. The zero-order chi connectivity index (χ0) is 16.3. The molecule has 0 aromatic heterocycles. The van der Waals surface area contributed by atoms with Gasteiger partial charge in [0, 0.05) is 11.6 Å². The van der Waals surface area contributed by atoms with Crippen molar-refractivity contribution in [1.82, 2.24) is 0 Å². The monoisotopic (exact) mass is 300 g/mol. The van der Waals surface area contributed by atoms with E-state index in [1.807, 2.05) is 44.2 Å². The van der Waals surface area contributed by atoms with Crippen LogP contribution in [0.2, 0.25) is 0 Å². The van der Waals surface area contributed by atoms with E-state index in [0.29, 0.717) is 0 Å². The predicted octanol–water partition coefficient (Wildman–Crippen LogP) is 3.01. The van der Waals surface area contributed by atoms with Crippen molar-refractivity contribution in [1.29, 1.82) is 0 Å². The van der Waals surface area contributed by atoms with Crippen molar-refractivity contribution in [3.63, 3.8) is 0 Å². The summed E-state index contributed by atoms with van der Waals surface area (Å²) in [5, 5.41) is 0.